The largest absolute Gasteiger partial charge is 0.489 e. The zero-order valence-electron chi connectivity index (χ0n) is 16.4. The van der Waals surface area contributed by atoms with Crippen molar-refractivity contribution in [2.75, 3.05) is 13.2 Å². The van der Waals surface area contributed by atoms with Gasteiger partial charge >= 0.3 is 6.09 Å². The number of ether oxygens (including phenoxy) is 2. The lowest BCUT2D eigenvalue weighted by atomic mass is 10.0. The quantitative estimate of drug-likeness (QED) is 0.793. The third-order valence-corrected chi connectivity index (χ3v) is 4.65. The Bertz CT molecular complexity index is 949. The number of aromatic nitrogens is 1. The molecule has 0 aliphatic carbocycles. The number of nitrogens with two attached hydrogens (primary N) is 1. The monoisotopic (exact) mass is 383 g/mol. The summed E-state index contributed by atoms with van der Waals surface area (Å²) in [6.07, 6.45) is 8.65. The van der Waals surface area contributed by atoms with Crippen molar-refractivity contribution in [1.29, 1.82) is 0 Å². The molecule has 1 atom stereocenters. The average molecular weight is 383 g/mol. The highest BCUT2D eigenvalue weighted by molar-refractivity contribution is 6.04. The Hall–Kier alpha value is -3.14. The molecule has 1 aromatic carbocycles. The zero-order chi connectivity index (χ0) is 20.5. The Labute approximate surface area is 164 Å². The number of aromatic amines is 1. The molecule has 1 aromatic heterocycles. The average Bonchev–Trinajstić information content (AvgIpc) is 3.26. The van der Waals surface area contributed by atoms with Crippen LogP contribution in [0.2, 0.25) is 0 Å². The molecule has 28 heavy (non-hydrogen) atoms. The number of nitrogens with one attached hydrogen (secondary N) is 1. The van der Waals surface area contributed by atoms with Crippen molar-refractivity contribution in [3.63, 3.8) is 0 Å². The van der Waals surface area contributed by atoms with E-state index < -0.39 is 11.5 Å². The minimum absolute atomic E-state index is 0.107. The van der Waals surface area contributed by atoms with E-state index in [9.17, 15) is 9.59 Å². The number of primary amides is 1. The number of fused-ring (bicyclic) bond motifs is 1. The third-order valence-electron chi connectivity index (χ3n) is 4.65. The van der Waals surface area contributed by atoms with E-state index >= 15 is 0 Å². The molecule has 7 nitrogen and oxygen atoms in total. The molecule has 2 heterocycles. The van der Waals surface area contributed by atoms with Crippen molar-refractivity contribution in [2.24, 2.45) is 5.73 Å². The summed E-state index contributed by atoms with van der Waals surface area (Å²) >= 11 is 0. The molecule has 3 N–H and O–H groups in total. The predicted octanol–water partition coefficient (Wildman–Crippen LogP) is 3.03. The third kappa shape index (κ3) is 3.91. The van der Waals surface area contributed by atoms with E-state index in [2.05, 4.69) is 10.9 Å². The molecule has 7 heteroatoms. The van der Waals surface area contributed by atoms with Gasteiger partial charge < -0.3 is 25.1 Å². The Morgan fingerprint density at radius 2 is 2.18 bits per heavy atom. The van der Waals surface area contributed by atoms with Gasteiger partial charge in [-0.15, -0.1) is 6.42 Å². The second kappa shape index (κ2) is 7.47. The van der Waals surface area contributed by atoms with Crippen molar-refractivity contribution in [3.8, 4) is 18.1 Å². The van der Waals surface area contributed by atoms with Crippen molar-refractivity contribution >= 4 is 22.9 Å². The number of benzene rings is 1. The number of likely N-dealkylation sites (tertiary alicyclic amines) is 1. The molecule has 2 aromatic rings. The van der Waals surface area contributed by atoms with Crippen LogP contribution in [-0.4, -0.2) is 46.7 Å². The van der Waals surface area contributed by atoms with E-state index in [4.69, 9.17) is 21.6 Å². The van der Waals surface area contributed by atoms with Crippen LogP contribution in [0.3, 0.4) is 0 Å². The maximum Gasteiger partial charge on any atom is 0.410 e. The van der Waals surface area contributed by atoms with Gasteiger partial charge in [0.1, 0.15) is 18.0 Å². The van der Waals surface area contributed by atoms with Crippen molar-refractivity contribution in [3.05, 3.63) is 29.5 Å². The SMILES string of the molecule is C#Cc1c(C(N)=O)cc(OC[C@H]2CCCN2C(=O)OC(C)(C)C)c2[nH]ccc12. The molecule has 3 rings (SSSR count). The van der Waals surface area contributed by atoms with Crippen LogP contribution in [-0.2, 0) is 4.74 Å². The molecule has 0 radical (unpaired) electrons. The maximum atomic E-state index is 12.4. The van der Waals surface area contributed by atoms with Crippen molar-refractivity contribution < 1.29 is 19.1 Å². The van der Waals surface area contributed by atoms with Crippen LogP contribution in [0.15, 0.2) is 18.3 Å². The van der Waals surface area contributed by atoms with Crippen LogP contribution in [0.1, 0.15) is 49.5 Å². The molecule has 2 amide bonds. The number of hydrogen-bond acceptors (Lipinski definition) is 4. The van der Waals surface area contributed by atoms with Gasteiger partial charge in [-0.25, -0.2) is 4.79 Å². The number of hydrogen-bond donors (Lipinski definition) is 2. The van der Waals surface area contributed by atoms with Crippen LogP contribution in [0.25, 0.3) is 10.9 Å². The summed E-state index contributed by atoms with van der Waals surface area (Å²) in [5, 5.41) is 0.698. The molecule has 1 saturated heterocycles. The van der Waals surface area contributed by atoms with E-state index in [0.717, 1.165) is 12.8 Å². The number of carbonyl (C=O) groups is 2. The Morgan fingerprint density at radius 1 is 1.43 bits per heavy atom. The topological polar surface area (TPSA) is 97.7 Å². The van der Waals surface area contributed by atoms with E-state index in [1.54, 1.807) is 23.2 Å². The highest BCUT2D eigenvalue weighted by Crippen LogP contribution is 2.31. The number of amides is 2. The maximum absolute atomic E-state index is 12.4. The molecule has 0 unspecified atom stereocenters. The summed E-state index contributed by atoms with van der Waals surface area (Å²) in [6, 6.07) is 3.24. The Balaban J connectivity index is 1.82. The summed E-state index contributed by atoms with van der Waals surface area (Å²) in [5.41, 5.74) is 6.30. The smallest absolute Gasteiger partial charge is 0.410 e. The normalized spacial score (nSPS) is 16.8. The lowest BCUT2D eigenvalue weighted by Crippen LogP contribution is -2.42. The van der Waals surface area contributed by atoms with Crippen LogP contribution in [0, 0.1) is 12.3 Å². The van der Waals surface area contributed by atoms with E-state index in [1.807, 2.05) is 20.8 Å². The van der Waals surface area contributed by atoms with Gasteiger partial charge in [0, 0.05) is 23.7 Å². The number of terminal acetylenes is 1. The van der Waals surface area contributed by atoms with Crippen molar-refractivity contribution in [2.45, 2.75) is 45.3 Å². The van der Waals surface area contributed by atoms with Gasteiger partial charge in [0.2, 0.25) is 5.91 Å². The van der Waals surface area contributed by atoms with Crippen LogP contribution in [0.4, 0.5) is 4.79 Å². The van der Waals surface area contributed by atoms with Gasteiger partial charge in [-0.1, -0.05) is 5.92 Å². The standard InChI is InChI=1S/C21H25N3O4/c1-5-14-15-8-9-23-18(15)17(11-16(14)19(22)25)27-12-13-7-6-10-24(13)20(26)28-21(2,3)4/h1,8-9,11,13,23H,6-7,10,12H2,2-4H3,(H2,22,25)/t13-/m1/s1. The Morgan fingerprint density at radius 3 is 2.82 bits per heavy atom. The molecule has 0 spiro atoms. The molecule has 148 valence electrons. The highest BCUT2D eigenvalue weighted by Gasteiger charge is 2.32. The molecular formula is C21H25N3O4. The summed E-state index contributed by atoms with van der Waals surface area (Å²) in [6.45, 7) is 6.43. The lowest BCUT2D eigenvalue weighted by Gasteiger charge is -2.28. The summed E-state index contributed by atoms with van der Waals surface area (Å²) in [4.78, 5) is 29.1. The lowest BCUT2D eigenvalue weighted by molar-refractivity contribution is 0.0188. The molecular weight excluding hydrogens is 358 g/mol. The second-order valence-corrected chi connectivity index (χ2v) is 7.85. The number of H-pyrrole nitrogens is 1. The zero-order valence-corrected chi connectivity index (χ0v) is 16.4. The first kappa shape index (κ1) is 19.6. The van der Waals surface area contributed by atoms with E-state index in [0.29, 0.717) is 28.8 Å². The fourth-order valence-electron chi connectivity index (χ4n) is 3.42. The van der Waals surface area contributed by atoms with Gasteiger partial charge in [-0.05, 0) is 45.7 Å². The Kier molecular flexibility index (Phi) is 5.23. The number of nitrogens with zero attached hydrogens (tertiary/aromatic N) is 1. The summed E-state index contributed by atoms with van der Waals surface area (Å²) < 4.78 is 11.5. The van der Waals surface area contributed by atoms with Gasteiger partial charge in [-0.2, -0.15) is 0 Å². The molecule has 1 fully saturated rings. The minimum atomic E-state index is -0.614. The van der Waals surface area contributed by atoms with E-state index in [1.165, 1.54) is 0 Å². The summed E-state index contributed by atoms with van der Waals surface area (Å²) in [7, 11) is 0. The number of carbonyl (C=O) groups excluding carboxylic acids is 2. The second-order valence-electron chi connectivity index (χ2n) is 7.85. The van der Waals surface area contributed by atoms with E-state index in [-0.39, 0.29) is 24.3 Å². The first-order valence-corrected chi connectivity index (χ1v) is 9.24. The van der Waals surface area contributed by atoms with Crippen LogP contribution >= 0.6 is 0 Å². The summed E-state index contributed by atoms with van der Waals surface area (Å²) in [5.74, 6) is 2.39. The molecule has 0 bridgehead atoms. The molecule has 1 aliphatic heterocycles. The van der Waals surface area contributed by atoms with Gasteiger partial charge in [0.15, 0.2) is 0 Å². The van der Waals surface area contributed by atoms with Gasteiger partial charge in [-0.3, -0.25) is 4.79 Å². The predicted molar refractivity (Wildman–Crippen MR) is 106 cm³/mol. The molecule has 1 aliphatic rings. The van der Waals surface area contributed by atoms with Crippen LogP contribution in [0.5, 0.6) is 5.75 Å². The fraction of sp³-hybridized carbons (Fsp3) is 0.429. The first-order chi connectivity index (χ1) is 13.2. The fourth-order valence-corrected chi connectivity index (χ4v) is 3.42. The number of rotatable bonds is 4. The van der Waals surface area contributed by atoms with Gasteiger partial charge in [0.05, 0.1) is 17.1 Å². The van der Waals surface area contributed by atoms with Gasteiger partial charge in [0.25, 0.3) is 0 Å². The van der Waals surface area contributed by atoms with Crippen molar-refractivity contribution in [1.82, 2.24) is 9.88 Å². The highest BCUT2D eigenvalue weighted by atomic mass is 16.6. The van der Waals surface area contributed by atoms with Crippen LogP contribution < -0.4 is 10.5 Å². The first-order valence-electron chi connectivity index (χ1n) is 9.24. The minimum Gasteiger partial charge on any atom is -0.489 e. The molecule has 0 saturated carbocycles.